The Balaban J connectivity index is 1.81. The predicted octanol–water partition coefficient (Wildman–Crippen LogP) is 4.61. The number of carbonyl (C=O) groups excluding carboxylic acids is 2. The van der Waals surface area contributed by atoms with Crippen molar-refractivity contribution in [1.29, 1.82) is 0 Å². The minimum absolute atomic E-state index is 0.318. The molecule has 0 bridgehead atoms. The van der Waals surface area contributed by atoms with Crippen LogP contribution in [0.1, 0.15) is 16.7 Å². The first-order valence-corrected chi connectivity index (χ1v) is 10.7. The number of imide groups is 1. The number of para-hydroxylation sites is 1. The Morgan fingerprint density at radius 2 is 1.62 bits per heavy atom. The van der Waals surface area contributed by atoms with Crippen molar-refractivity contribution in [2.45, 2.75) is 6.54 Å². The highest BCUT2D eigenvalue weighted by atomic mass is 35.5. The van der Waals surface area contributed by atoms with Crippen LogP contribution in [0.2, 0.25) is 5.02 Å². The van der Waals surface area contributed by atoms with Crippen molar-refractivity contribution in [1.82, 2.24) is 14.8 Å². The summed E-state index contributed by atoms with van der Waals surface area (Å²) in [6, 6.07) is 17.7. The number of aromatic nitrogens is 1. The van der Waals surface area contributed by atoms with Crippen molar-refractivity contribution in [3.05, 3.63) is 82.5 Å². The van der Waals surface area contributed by atoms with Gasteiger partial charge in [0.15, 0.2) is 0 Å². The number of halogens is 1. The average Bonchev–Trinajstić information content (AvgIpc) is 3.23. The third-order valence-corrected chi connectivity index (χ3v) is 6.22. The summed E-state index contributed by atoms with van der Waals surface area (Å²) in [5.41, 5.74) is 4.08. The summed E-state index contributed by atoms with van der Waals surface area (Å²) in [4.78, 5) is 28.1. The summed E-state index contributed by atoms with van der Waals surface area (Å²) in [5, 5.41) is 5.85. The maximum atomic E-state index is 13.0. The minimum atomic E-state index is -0.427. The van der Waals surface area contributed by atoms with Crippen LogP contribution >= 0.6 is 11.6 Å². The number of carbonyl (C=O) groups is 2. The molecule has 1 aliphatic heterocycles. The number of nitrogens with zero attached hydrogens (tertiary/aromatic N) is 2. The lowest BCUT2D eigenvalue weighted by Crippen LogP contribution is -2.22. The molecule has 5 rings (SSSR count). The van der Waals surface area contributed by atoms with Crippen LogP contribution in [0, 0.1) is 0 Å². The molecule has 2 amide bonds. The molecule has 0 unspecified atom stereocenters. The fraction of sp³-hybridized carbons (Fsp3) is 0.154. The molecule has 2 heterocycles. The summed E-state index contributed by atoms with van der Waals surface area (Å²) < 4.78 is 1.96. The Morgan fingerprint density at radius 1 is 0.906 bits per heavy atom. The van der Waals surface area contributed by atoms with Gasteiger partial charge < -0.3 is 9.47 Å². The summed E-state index contributed by atoms with van der Waals surface area (Å²) >= 11 is 6.69. The number of fused-ring (bicyclic) bond motifs is 2. The zero-order valence-electron chi connectivity index (χ0n) is 18.1. The van der Waals surface area contributed by atoms with E-state index in [9.17, 15) is 9.59 Å². The molecule has 1 aliphatic rings. The molecule has 0 spiro atoms. The Kier molecular flexibility index (Phi) is 4.88. The van der Waals surface area contributed by atoms with Gasteiger partial charge in [-0.15, -0.1) is 0 Å². The van der Waals surface area contributed by atoms with E-state index in [-0.39, 0.29) is 0 Å². The Morgan fingerprint density at radius 3 is 2.38 bits per heavy atom. The van der Waals surface area contributed by atoms with Crippen LogP contribution in [-0.2, 0) is 23.2 Å². The van der Waals surface area contributed by atoms with Crippen LogP contribution in [0.3, 0.4) is 0 Å². The topological polar surface area (TPSA) is 54.3 Å². The van der Waals surface area contributed by atoms with E-state index < -0.39 is 11.8 Å². The van der Waals surface area contributed by atoms with Gasteiger partial charge in [0.05, 0.1) is 11.1 Å². The van der Waals surface area contributed by atoms with E-state index in [1.165, 1.54) is 0 Å². The number of aryl methyl sites for hydroxylation is 1. The maximum Gasteiger partial charge on any atom is 0.259 e. The van der Waals surface area contributed by atoms with Gasteiger partial charge in [0.1, 0.15) is 0 Å². The standard InChI is InChI=1S/C26H22ClN3O2/c1-29(2)13-16-8-6-7-15-11-21(27)19(12-18(15)16)23-24(26(32)28-25(23)31)20-14-30(3)22-10-5-4-9-17(20)22/h4-12,14H,13H2,1-3H3,(H,28,31,32). The van der Waals surface area contributed by atoms with E-state index in [2.05, 4.69) is 16.3 Å². The van der Waals surface area contributed by atoms with Crippen molar-refractivity contribution in [2.75, 3.05) is 14.1 Å². The minimum Gasteiger partial charge on any atom is -0.350 e. The Bertz CT molecular complexity index is 1460. The molecule has 160 valence electrons. The van der Waals surface area contributed by atoms with Crippen molar-refractivity contribution in [3.63, 3.8) is 0 Å². The van der Waals surface area contributed by atoms with Gasteiger partial charge in [-0.3, -0.25) is 14.9 Å². The normalized spacial score (nSPS) is 14.3. The molecule has 0 radical (unpaired) electrons. The van der Waals surface area contributed by atoms with Gasteiger partial charge in [0.25, 0.3) is 11.8 Å². The second kappa shape index (κ2) is 7.62. The van der Waals surface area contributed by atoms with Crippen molar-refractivity contribution >= 4 is 56.2 Å². The lowest BCUT2D eigenvalue weighted by molar-refractivity contribution is -0.122. The molecule has 0 saturated heterocycles. The molecule has 5 nitrogen and oxygen atoms in total. The third kappa shape index (κ3) is 3.22. The molecule has 32 heavy (non-hydrogen) atoms. The first-order valence-electron chi connectivity index (χ1n) is 10.4. The molecule has 1 N–H and O–H groups in total. The number of hydrogen-bond acceptors (Lipinski definition) is 3. The first-order chi connectivity index (χ1) is 15.3. The smallest absolute Gasteiger partial charge is 0.259 e. The lowest BCUT2D eigenvalue weighted by Gasteiger charge is -2.14. The molecular weight excluding hydrogens is 422 g/mol. The van der Waals surface area contributed by atoms with E-state index in [1.807, 2.05) is 80.4 Å². The number of nitrogens with one attached hydrogen (secondary N) is 1. The SMILES string of the molecule is CN(C)Cc1cccc2cc(Cl)c(C3=C(c4cn(C)c5ccccc45)C(=O)NC3=O)cc12. The largest absolute Gasteiger partial charge is 0.350 e. The van der Waals surface area contributed by atoms with Crippen LogP contribution < -0.4 is 5.32 Å². The van der Waals surface area contributed by atoms with Gasteiger partial charge in [-0.05, 0) is 48.6 Å². The van der Waals surface area contributed by atoms with Crippen molar-refractivity contribution in [3.8, 4) is 0 Å². The van der Waals surface area contributed by atoms with Crippen molar-refractivity contribution < 1.29 is 9.59 Å². The van der Waals surface area contributed by atoms with Gasteiger partial charge in [-0.1, -0.05) is 48.0 Å². The zero-order chi connectivity index (χ0) is 22.6. The van der Waals surface area contributed by atoms with Crippen LogP contribution in [0.25, 0.3) is 32.8 Å². The molecule has 0 saturated carbocycles. The molecule has 4 aromatic rings. The summed E-state index contributed by atoms with van der Waals surface area (Å²) in [5.74, 6) is -0.830. The Labute approximate surface area is 190 Å². The van der Waals surface area contributed by atoms with Crippen LogP contribution in [0.5, 0.6) is 0 Å². The fourth-order valence-corrected chi connectivity index (χ4v) is 4.81. The lowest BCUT2D eigenvalue weighted by atomic mass is 9.93. The van der Waals surface area contributed by atoms with Gasteiger partial charge in [-0.2, -0.15) is 0 Å². The zero-order valence-corrected chi connectivity index (χ0v) is 18.8. The van der Waals surface area contributed by atoms with E-state index >= 15 is 0 Å². The van der Waals surface area contributed by atoms with Gasteiger partial charge >= 0.3 is 0 Å². The summed E-state index contributed by atoms with van der Waals surface area (Å²) in [6.07, 6.45) is 1.89. The van der Waals surface area contributed by atoms with Crippen LogP contribution in [-0.4, -0.2) is 35.4 Å². The molecular formula is C26H22ClN3O2. The fourth-order valence-electron chi connectivity index (χ4n) is 4.54. The maximum absolute atomic E-state index is 13.0. The number of hydrogen-bond donors (Lipinski definition) is 1. The third-order valence-electron chi connectivity index (χ3n) is 5.91. The number of amides is 2. The molecule has 0 fully saturated rings. The highest BCUT2D eigenvalue weighted by Crippen LogP contribution is 2.39. The van der Waals surface area contributed by atoms with Gasteiger partial charge in [0, 0.05) is 46.8 Å². The molecule has 1 aromatic heterocycles. The highest BCUT2D eigenvalue weighted by molar-refractivity contribution is 6.51. The van der Waals surface area contributed by atoms with Crippen molar-refractivity contribution in [2.24, 2.45) is 7.05 Å². The second-order valence-corrected chi connectivity index (χ2v) is 8.82. The van der Waals surface area contributed by atoms with Crippen LogP contribution in [0.15, 0.2) is 60.8 Å². The highest BCUT2D eigenvalue weighted by Gasteiger charge is 2.34. The molecule has 3 aromatic carbocycles. The quantitative estimate of drug-likeness (QED) is 0.468. The molecule has 0 atom stereocenters. The second-order valence-electron chi connectivity index (χ2n) is 8.41. The van der Waals surface area contributed by atoms with E-state index in [4.69, 9.17) is 11.6 Å². The first kappa shape index (κ1) is 20.5. The molecule has 6 heteroatoms. The Hall–Kier alpha value is -3.41. The van der Waals surface area contributed by atoms with Crippen LogP contribution in [0.4, 0.5) is 0 Å². The predicted molar refractivity (Wildman–Crippen MR) is 129 cm³/mol. The van der Waals surface area contributed by atoms with E-state index in [0.717, 1.165) is 39.3 Å². The summed E-state index contributed by atoms with van der Waals surface area (Å²) in [6.45, 7) is 0.749. The van der Waals surface area contributed by atoms with E-state index in [0.29, 0.717) is 21.7 Å². The van der Waals surface area contributed by atoms with Gasteiger partial charge in [-0.25, -0.2) is 0 Å². The van der Waals surface area contributed by atoms with Gasteiger partial charge in [0.2, 0.25) is 0 Å². The van der Waals surface area contributed by atoms with E-state index in [1.54, 1.807) is 0 Å². The number of rotatable bonds is 4. The molecule has 0 aliphatic carbocycles. The average molecular weight is 444 g/mol. The summed E-state index contributed by atoms with van der Waals surface area (Å²) in [7, 11) is 5.96. The number of benzene rings is 3. The monoisotopic (exact) mass is 443 g/mol.